The van der Waals surface area contributed by atoms with E-state index in [1.807, 2.05) is 38.1 Å². The molecule has 3 N–H and O–H groups in total. The van der Waals surface area contributed by atoms with E-state index in [9.17, 15) is 4.79 Å². The number of nitrogens with zero attached hydrogens (tertiary/aromatic N) is 1. The number of hydrogen-bond donors (Lipinski definition) is 2. The molecule has 1 heterocycles. The average Bonchev–Trinajstić information content (AvgIpc) is 2.81. The molecule has 0 radical (unpaired) electrons. The van der Waals surface area contributed by atoms with Crippen molar-refractivity contribution >= 4 is 5.91 Å². The molecular formula is C12H21N3O2. The molecule has 2 atom stereocenters. The van der Waals surface area contributed by atoms with Crippen LogP contribution in [0.4, 0.5) is 0 Å². The van der Waals surface area contributed by atoms with Gasteiger partial charge >= 0.3 is 0 Å². The van der Waals surface area contributed by atoms with Crippen molar-refractivity contribution in [1.29, 1.82) is 0 Å². The van der Waals surface area contributed by atoms with E-state index in [-0.39, 0.29) is 11.9 Å². The van der Waals surface area contributed by atoms with Gasteiger partial charge in [0.2, 0.25) is 5.91 Å². The lowest BCUT2D eigenvalue weighted by molar-refractivity contribution is -0.122. The van der Waals surface area contributed by atoms with Crippen LogP contribution in [-0.2, 0) is 4.79 Å². The first kappa shape index (κ1) is 13.7. The number of rotatable bonds is 6. The standard InChI is InChI=1S/C12H21N3O2/c1-4-9(13)12(16)14-8-10(15(2)3)11-6-5-7-17-11/h5-7,9-10H,4,8,13H2,1-3H3,(H,14,16)/t9-,10?/m1/s1. The van der Waals surface area contributed by atoms with E-state index < -0.39 is 6.04 Å². The molecule has 0 fully saturated rings. The zero-order valence-corrected chi connectivity index (χ0v) is 10.6. The molecule has 0 saturated heterocycles. The molecule has 0 aliphatic carbocycles. The summed E-state index contributed by atoms with van der Waals surface area (Å²) < 4.78 is 5.35. The lowest BCUT2D eigenvalue weighted by atomic mass is 10.2. The minimum Gasteiger partial charge on any atom is -0.468 e. The van der Waals surface area contributed by atoms with Gasteiger partial charge in [-0.3, -0.25) is 9.69 Å². The fraction of sp³-hybridized carbons (Fsp3) is 0.583. The van der Waals surface area contributed by atoms with E-state index in [0.29, 0.717) is 13.0 Å². The molecule has 17 heavy (non-hydrogen) atoms. The zero-order valence-electron chi connectivity index (χ0n) is 10.6. The normalized spacial score (nSPS) is 14.6. The van der Waals surface area contributed by atoms with Gasteiger partial charge in [-0.1, -0.05) is 6.92 Å². The Labute approximate surface area is 102 Å². The van der Waals surface area contributed by atoms with Gasteiger partial charge in [-0.2, -0.15) is 0 Å². The highest BCUT2D eigenvalue weighted by molar-refractivity contribution is 5.81. The minimum absolute atomic E-state index is 0.0259. The first-order chi connectivity index (χ1) is 8.06. The molecule has 0 saturated carbocycles. The highest BCUT2D eigenvalue weighted by Crippen LogP contribution is 2.17. The summed E-state index contributed by atoms with van der Waals surface area (Å²) >= 11 is 0. The topological polar surface area (TPSA) is 71.5 Å². The van der Waals surface area contributed by atoms with Crippen molar-refractivity contribution in [2.75, 3.05) is 20.6 Å². The van der Waals surface area contributed by atoms with Crippen LogP contribution in [0.25, 0.3) is 0 Å². The van der Waals surface area contributed by atoms with Crippen molar-refractivity contribution in [2.24, 2.45) is 5.73 Å². The van der Waals surface area contributed by atoms with Crippen LogP contribution in [-0.4, -0.2) is 37.5 Å². The number of carbonyl (C=O) groups is 1. The summed E-state index contributed by atoms with van der Waals surface area (Å²) in [4.78, 5) is 13.6. The SMILES string of the molecule is CC[C@@H](N)C(=O)NCC(c1ccco1)N(C)C. The molecule has 1 rings (SSSR count). The number of furan rings is 1. The molecule has 1 unspecified atom stereocenters. The summed E-state index contributed by atoms with van der Waals surface area (Å²) in [5.41, 5.74) is 5.65. The fourth-order valence-corrected chi connectivity index (χ4v) is 1.53. The van der Waals surface area contributed by atoms with Crippen LogP contribution in [0, 0.1) is 0 Å². The van der Waals surface area contributed by atoms with Crippen LogP contribution < -0.4 is 11.1 Å². The summed E-state index contributed by atoms with van der Waals surface area (Å²) in [6.45, 7) is 2.38. The van der Waals surface area contributed by atoms with Gasteiger partial charge < -0.3 is 15.5 Å². The van der Waals surface area contributed by atoms with Gasteiger partial charge in [-0.05, 0) is 32.6 Å². The Morgan fingerprint density at radius 1 is 1.59 bits per heavy atom. The van der Waals surface area contributed by atoms with Crippen LogP contribution in [0.15, 0.2) is 22.8 Å². The minimum atomic E-state index is -0.436. The third-order valence-corrected chi connectivity index (χ3v) is 2.74. The molecule has 1 aromatic heterocycles. The van der Waals surface area contributed by atoms with Crippen LogP contribution >= 0.6 is 0 Å². The second kappa shape index (κ2) is 6.42. The second-order valence-corrected chi connectivity index (χ2v) is 4.25. The van der Waals surface area contributed by atoms with Crippen LogP contribution in [0.1, 0.15) is 25.1 Å². The molecule has 96 valence electrons. The molecule has 0 bridgehead atoms. The number of carbonyl (C=O) groups excluding carboxylic acids is 1. The van der Waals surface area contributed by atoms with E-state index in [1.165, 1.54) is 0 Å². The number of nitrogens with one attached hydrogen (secondary N) is 1. The van der Waals surface area contributed by atoms with Crippen molar-refractivity contribution in [3.05, 3.63) is 24.2 Å². The fourth-order valence-electron chi connectivity index (χ4n) is 1.53. The zero-order chi connectivity index (χ0) is 12.8. The van der Waals surface area contributed by atoms with Crippen LogP contribution in [0.5, 0.6) is 0 Å². The predicted octanol–water partition coefficient (Wildman–Crippen LogP) is 0.736. The largest absolute Gasteiger partial charge is 0.468 e. The monoisotopic (exact) mass is 239 g/mol. The lowest BCUT2D eigenvalue weighted by Crippen LogP contribution is -2.43. The maximum absolute atomic E-state index is 11.6. The molecule has 1 amide bonds. The first-order valence-corrected chi connectivity index (χ1v) is 5.79. The Morgan fingerprint density at radius 3 is 2.76 bits per heavy atom. The molecule has 0 aliphatic heterocycles. The lowest BCUT2D eigenvalue weighted by Gasteiger charge is -2.23. The van der Waals surface area contributed by atoms with Crippen molar-refractivity contribution in [3.8, 4) is 0 Å². The number of likely N-dealkylation sites (N-methyl/N-ethyl adjacent to an activating group) is 1. The molecule has 1 aromatic rings. The third kappa shape index (κ3) is 3.87. The highest BCUT2D eigenvalue weighted by atomic mass is 16.3. The number of amides is 1. The van der Waals surface area contributed by atoms with Crippen molar-refractivity contribution in [3.63, 3.8) is 0 Å². The summed E-state index contributed by atoms with van der Waals surface area (Å²) in [5, 5.41) is 2.84. The average molecular weight is 239 g/mol. The Bertz CT molecular complexity index is 336. The second-order valence-electron chi connectivity index (χ2n) is 4.25. The Kier molecular flexibility index (Phi) is 5.18. The number of nitrogens with two attached hydrogens (primary N) is 1. The summed E-state index contributed by atoms with van der Waals surface area (Å²) in [6.07, 6.45) is 2.27. The molecular weight excluding hydrogens is 218 g/mol. The molecule has 5 nitrogen and oxygen atoms in total. The highest BCUT2D eigenvalue weighted by Gasteiger charge is 2.19. The first-order valence-electron chi connectivity index (χ1n) is 5.79. The van der Waals surface area contributed by atoms with Crippen molar-refractivity contribution in [1.82, 2.24) is 10.2 Å². The third-order valence-electron chi connectivity index (χ3n) is 2.74. The predicted molar refractivity (Wildman–Crippen MR) is 66.4 cm³/mol. The van der Waals surface area contributed by atoms with E-state index in [1.54, 1.807) is 6.26 Å². The van der Waals surface area contributed by atoms with Gasteiger partial charge in [-0.25, -0.2) is 0 Å². The van der Waals surface area contributed by atoms with Gasteiger partial charge in [-0.15, -0.1) is 0 Å². The maximum atomic E-state index is 11.6. The van der Waals surface area contributed by atoms with E-state index in [0.717, 1.165) is 5.76 Å². The summed E-state index contributed by atoms with van der Waals surface area (Å²) in [7, 11) is 3.89. The molecule has 5 heteroatoms. The van der Waals surface area contributed by atoms with E-state index in [2.05, 4.69) is 5.32 Å². The van der Waals surface area contributed by atoms with E-state index >= 15 is 0 Å². The molecule has 0 aliphatic rings. The Balaban J connectivity index is 2.55. The molecule has 0 aromatic carbocycles. The van der Waals surface area contributed by atoms with Crippen molar-refractivity contribution in [2.45, 2.75) is 25.4 Å². The van der Waals surface area contributed by atoms with Gasteiger partial charge in [0.25, 0.3) is 0 Å². The summed E-state index contributed by atoms with van der Waals surface area (Å²) in [5.74, 6) is 0.714. The Morgan fingerprint density at radius 2 is 2.29 bits per heavy atom. The van der Waals surface area contributed by atoms with E-state index in [4.69, 9.17) is 10.2 Å². The van der Waals surface area contributed by atoms with Gasteiger partial charge in [0, 0.05) is 6.54 Å². The van der Waals surface area contributed by atoms with Crippen LogP contribution in [0.3, 0.4) is 0 Å². The maximum Gasteiger partial charge on any atom is 0.236 e. The van der Waals surface area contributed by atoms with Gasteiger partial charge in [0.1, 0.15) is 5.76 Å². The van der Waals surface area contributed by atoms with Gasteiger partial charge in [0.05, 0.1) is 18.3 Å². The van der Waals surface area contributed by atoms with Crippen LogP contribution in [0.2, 0.25) is 0 Å². The summed E-state index contributed by atoms with van der Waals surface area (Å²) in [6, 6.07) is 3.33. The van der Waals surface area contributed by atoms with Crippen molar-refractivity contribution < 1.29 is 9.21 Å². The number of hydrogen-bond acceptors (Lipinski definition) is 4. The Hall–Kier alpha value is -1.33. The smallest absolute Gasteiger partial charge is 0.236 e. The molecule has 0 spiro atoms. The quantitative estimate of drug-likeness (QED) is 0.768. The van der Waals surface area contributed by atoms with Gasteiger partial charge in [0.15, 0.2) is 0 Å².